The highest BCUT2D eigenvalue weighted by molar-refractivity contribution is 6.30. The maximum absolute atomic E-state index is 12.8. The van der Waals surface area contributed by atoms with Gasteiger partial charge in [0.15, 0.2) is 5.69 Å². The Balaban J connectivity index is 2.55. The van der Waals surface area contributed by atoms with Crippen LogP contribution in [0.3, 0.4) is 0 Å². The molecule has 1 aromatic rings. The lowest BCUT2D eigenvalue weighted by atomic mass is 10.0. The van der Waals surface area contributed by atoms with Crippen LogP contribution in [0.4, 0.5) is 13.2 Å². The van der Waals surface area contributed by atoms with E-state index in [1.165, 1.54) is 7.05 Å². The fourth-order valence-corrected chi connectivity index (χ4v) is 2.48. The van der Waals surface area contributed by atoms with Crippen molar-refractivity contribution in [1.82, 2.24) is 9.78 Å². The van der Waals surface area contributed by atoms with Crippen molar-refractivity contribution >= 4 is 11.6 Å². The zero-order valence-electron chi connectivity index (χ0n) is 9.64. The molecular formula is C10H13ClF3N3. The Bertz CT molecular complexity index is 464. The standard InChI is InChI=1S/C10H13ClF3N3/c1-9(2)5(6(9)15)4-7(10(12,13)14)16-17(3)8(4)11/h5-6H,15H2,1-3H3. The van der Waals surface area contributed by atoms with Gasteiger partial charge in [0.05, 0.1) is 0 Å². The smallest absolute Gasteiger partial charge is 0.327 e. The van der Waals surface area contributed by atoms with Crippen molar-refractivity contribution in [3.63, 3.8) is 0 Å². The molecule has 0 saturated heterocycles. The molecule has 1 aromatic heterocycles. The SMILES string of the molecule is Cn1nc(C(F)(F)F)c(C2C(N)C2(C)C)c1Cl. The molecule has 2 N–H and O–H groups in total. The molecule has 0 aliphatic heterocycles. The van der Waals surface area contributed by atoms with Gasteiger partial charge in [-0.1, -0.05) is 25.4 Å². The van der Waals surface area contributed by atoms with E-state index < -0.39 is 11.9 Å². The highest BCUT2D eigenvalue weighted by Gasteiger charge is 2.60. The zero-order valence-corrected chi connectivity index (χ0v) is 10.4. The minimum Gasteiger partial charge on any atom is -0.327 e. The Kier molecular flexibility index (Phi) is 2.53. The first kappa shape index (κ1) is 12.7. The van der Waals surface area contributed by atoms with Gasteiger partial charge in [0, 0.05) is 24.6 Å². The van der Waals surface area contributed by atoms with E-state index in [9.17, 15) is 13.2 Å². The van der Waals surface area contributed by atoms with Crippen LogP contribution in [0.1, 0.15) is 31.0 Å². The van der Waals surface area contributed by atoms with Gasteiger partial charge in [-0.3, -0.25) is 4.68 Å². The minimum absolute atomic E-state index is 0.0170. The van der Waals surface area contributed by atoms with Gasteiger partial charge in [-0.2, -0.15) is 18.3 Å². The monoisotopic (exact) mass is 267 g/mol. The second-order valence-electron chi connectivity index (χ2n) is 5.00. The van der Waals surface area contributed by atoms with Crippen LogP contribution in [0.2, 0.25) is 5.15 Å². The molecule has 17 heavy (non-hydrogen) atoms. The van der Waals surface area contributed by atoms with Crippen molar-refractivity contribution in [3.05, 3.63) is 16.4 Å². The van der Waals surface area contributed by atoms with E-state index >= 15 is 0 Å². The van der Waals surface area contributed by atoms with Crippen LogP contribution >= 0.6 is 11.6 Å². The maximum atomic E-state index is 12.8. The molecule has 1 heterocycles. The summed E-state index contributed by atoms with van der Waals surface area (Å²) in [6.07, 6.45) is -4.50. The average molecular weight is 268 g/mol. The van der Waals surface area contributed by atoms with Crippen LogP contribution in [0, 0.1) is 5.41 Å². The van der Waals surface area contributed by atoms with Gasteiger partial charge < -0.3 is 5.73 Å². The fraction of sp³-hybridized carbons (Fsp3) is 0.700. The first-order chi connectivity index (χ1) is 7.58. The number of hydrogen-bond acceptors (Lipinski definition) is 2. The summed E-state index contributed by atoms with van der Waals surface area (Å²) >= 11 is 5.89. The van der Waals surface area contributed by atoms with Gasteiger partial charge in [-0.25, -0.2) is 0 Å². The summed E-state index contributed by atoms with van der Waals surface area (Å²) in [7, 11) is 1.39. The molecule has 2 atom stereocenters. The number of aromatic nitrogens is 2. The summed E-state index contributed by atoms with van der Waals surface area (Å²) in [5, 5.41) is 3.46. The van der Waals surface area contributed by atoms with Gasteiger partial charge in [0.25, 0.3) is 0 Å². The van der Waals surface area contributed by atoms with Gasteiger partial charge in [0.1, 0.15) is 5.15 Å². The summed E-state index contributed by atoms with van der Waals surface area (Å²) in [4.78, 5) is 0. The van der Waals surface area contributed by atoms with E-state index in [0.29, 0.717) is 0 Å². The molecule has 1 saturated carbocycles. The van der Waals surface area contributed by atoms with Crippen molar-refractivity contribution < 1.29 is 13.2 Å². The second kappa shape index (κ2) is 3.38. The van der Waals surface area contributed by atoms with Crippen molar-refractivity contribution in [1.29, 1.82) is 0 Å². The Hall–Kier alpha value is -0.750. The number of hydrogen-bond donors (Lipinski definition) is 1. The summed E-state index contributed by atoms with van der Waals surface area (Å²) in [6, 6.07) is -0.315. The van der Waals surface area contributed by atoms with Crippen LogP contribution in [-0.4, -0.2) is 15.8 Å². The predicted octanol–water partition coefficient (Wildman–Crippen LogP) is 2.54. The van der Waals surface area contributed by atoms with Gasteiger partial charge in [0.2, 0.25) is 0 Å². The lowest BCUT2D eigenvalue weighted by Gasteiger charge is -2.07. The molecule has 7 heteroatoms. The molecular weight excluding hydrogens is 255 g/mol. The minimum atomic E-state index is -4.50. The number of nitrogens with two attached hydrogens (primary N) is 1. The number of nitrogens with zero attached hydrogens (tertiary/aromatic N) is 2. The third-order valence-corrected chi connectivity index (χ3v) is 3.95. The molecule has 3 nitrogen and oxygen atoms in total. The molecule has 1 aliphatic carbocycles. The topological polar surface area (TPSA) is 43.8 Å². The van der Waals surface area contributed by atoms with E-state index in [2.05, 4.69) is 5.10 Å². The molecule has 96 valence electrons. The third-order valence-electron chi connectivity index (χ3n) is 3.50. The lowest BCUT2D eigenvalue weighted by Crippen LogP contribution is -2.10. The number of rotatable bonds is 1. The van der Waals surface area contributed by atoms with Crippen LogP contribution in [0.5, 0.6) is 0 Å². The summed E-state index contributed by atoms with van der Waals surface area (Å²) in [6.45, 7) is 3.65. The molecule has 2 rings (SSSR count). The van der Waals surface area contributed by atoms with E-state index in [0.717, 1.165) is 4.68 Å². The van der Waals surface area contributed by atoms with Crippen molar-refractivity contribution in [2.45, 2.75) is 32.0 Å². The van der Waals surface area contributed by atoms with Crippen LogP contribution < -0.4 is 5.73 Å². The Morgan fingerprint density at radius 3 is 2.24 bits per heavy atom. The second-order valence-corrected chi connectivity index (χ2v) is 5.36. The van der Waals surface area contributed by atoms with E-state index in [-0.39, 0.29) is 28.1 Å². The van der Waals surface area contributed by atoms with E-state index in [4.69, 9.17) is 17.3 Å². The number of halogens is 4. The first-order valence-corrected chi connectivity index (χ1v) is 5.51. The van der Waals surface area contributed by atoms with Gasteiger partial charge in [-0.05, 0) is 5.41 Å². The lowest BCUT2D eigenvalue weighted by molar-refractivity contribution is -0.142. The maximum Gasteiger partial charge on any atom is 0.435 e. The highest BCUT2D eigenvalue weighted by atomic mass is 35.5. The van der Waals surface area contributed by atoms with Gasteiger partial charge >= 0.3 is 6.18 Å². The first-order valence-electron chi connectivity index (χ1n) is 5.13. The molecule has 0 spiro atoms. The Morgan fingerprint density at radius 1 is 1.41 bits per heavy atom. The number of alkyl halides is 3. The molecule has 0 amide bonds. The molecule has 1 fully saturated rings. The van der Waals surface area contributed by atoms with Crippen molar-refractivity contribution in [3.8, 4) is 0 Å². The number of aryl methyl sites for hydroxylation is 1. The Morgan fingerprint density at radius 2 is 1.88 bits per heavy atom. The third kappa shape index (κ3) is 1.74. The summed E-state index contributed by atoms with van der Waals surface area (Å²) in [5.74, 6) is -0.389. The van der Waals surface area contributed by atoms with Crippen LogP contribution in [0.25, 0.3) is 0 Å². The van der Waals surface area contributed by atoms with E-state index in [1.54, 1.807) is 0 Å². The quantitative estimate of drug-likeness (QED) is 0.850. The van der Waals surface area contributed by atoms with Gasteiger partial charge in [-0.15, -0.1) is 0 Å². The molecule has 2 unspecified atom stereocenters. The predicted molar refractivity (Wildman–Crippen MR) is 57.7 cm³/mol. The average Bonchev–Trinajstić information content (AvgIpc) is 2.50. The largest absolute Gasteiger partial charge is 0.435 e. The van der Waals surface area contributed by atoms with Crippen LogP contribution in [0.15, 0.2) is 0 Å². The highest BCUT2D eigenvalue weighted by Crippen LogP contribution is 2.60. The normalized spacial score (nSPS) is 27.3. The van der Waals surface area contributed by atoms with Crippen molar-refractivity contribution in [2.24, 2.45) is 18.2 Å². The summed E-state index contributed by atoms with van der Waals surface area (Å²) in [5.41, 5.74) is 4.54. The Labute approximate surface area is 102 Å². The molecule has 0 bridgehead atoms. The molecule has 0 radical (unpaired) electrons. The summed E-state index contributed by atoms with van der Waals surface area (Å²) < 4.78 is 39.5. The fourth-order valence-electron chi connectivity index (χ4n) is 2.23. The molecule has 1 aliphatic rings. The van der Waals surface area contributed by atoms with E-state index in [1.807, 2.05) is 13.8 Å². The van der Waals surface area contributed by atoms with Crippen LogP contribution in [-0.2, 0) is 13.2 Å². The van der Waals surface area contributed by atoms with Crippen molar-refractivity contribution in [2.75, 3.05) is 0 Å². The zero-order chi connectivity index (χ0) is 13.2. The molecule has 0 aromatic carbocycles.